The van der Waals surface area contributed by atoms with Gasteiger partial charge in [-0.3, -0.25) is 9.48 Å². The fourth-order valence-corrected chi connectivity index (χ4v) is 3.83. The number of rotatable bonds is 5. The lowest BCUT2D eigenvalue weighted by atomic mass is 10.0. The summed E-state index contributed by atoms with van der Waals surface area (Å²) in [6, 6.07) is 15.7. The Kier molecular flexibility index (Phi) is 5.86. The van der Waals surface area contributed by atoms with Crippen LogP contribution in [0.5, 0.6) is 0 Å². The van der Waals surface area contributed by atoms with Crippen molar-refractivity contribution in [3.05, 3.63) is 82.2 Å². The number of pyridine rings is 1. The first-order chi connectivity index (χ1) is 15.4. The van der Waals surface area contributed by atoms with Crippen LogP contribution in [0.15, 0.2) is 53.6 Å². The normalized spacial score (nSPS) is 11.4. The Morgan fingerprint density at radius 1 is 1.06 bits per heavy atom. The van der Waals surface area contributed by atoms with Gasteiger partial charge in [0.05, 0.1) is 28.7 Å². The van der Waals surface area contributed by atoms with Gasteiger partial charge in [-0.05, 0) is 63.9 Å². The van der Waals surface area contributed by atoms with Crippen molar-refractivity contribution in [1.82, 2.24) is 20.2 Å². The molecule has 0 atom stereocenters. The standard InChI is InChI=1S/C26H27N5O/c1-6-31-19(5)23(18(4)30-31)15-27-29-26(32)22-14-25(20-12-11-16(2)17(3)13-20)28-24-10-8-7-9-21(22)24/h7-15H,6H2,1-5H3,(H,29,32)/b27-15-. The highest BCUT2D eigenvalue weighted by Gasteiger charge is 2.14. The van der Waals surface area contributed by atoms with E-state index in [1.54, 1.807) is 6.21 Å². The molecule has 162 valence electrons. The lowest BCUT2D eigenvalue weighted by molar-refractivity contribution is 0.0956. The molecule has 0 aliphatic carbocycles. The number of carbonyl (C=O) groups is 1. The maximum atomic E-state index is 13.1. The topological polar surface area (TPSA) is 72.2 Å². The molecule has 2 aromatic heterocycles. The number of nitrogens with one attached hydrogen (secondary N) is 1. The number of fused-ring (bicyclic) bond motifs is 1. The molecule has 1 N–H and O–H groups in total. The predicted octanol–water partition coefficient (Wildman–Crippen LogP) is 5.12. The zero-order valence-corrected chi connectivity index (χ0v) is 19.1. The van der Waals surface area contributed by atoms with Gasteiger partial charge >= 0.3 is 0 Å². The summed E-state index contributed by atoms with van der Waals surface area (Å²) < 4.78 is 1.92. The monoisotopic (exact) mass is 425 g/mol. The second-order valence-corrected chi connectivity index (χ2v) is 7.97. The van der Waals surface area contributed by atoms with Gasteiger partial charge in [-0.1, -0.05) is 30.3 Å². The number of hydrazone groups is 1. The zero-order chi connectivity index (χ0) is 22.8. The van der Waals surface area contributed by atoms with Gasteiger partial charge in [-0.2, -0.15) is 10.2 Å². The molecular weight excluding hydrogens is 398 g/mol. The number of benzene rings is 2. The van der Waals surface area contributed by atoms with Crippen molar-refractivity contribution in [3.8, 4) is 11.3 Å². The highest BCUT2D eigenvalue weighted by molar-refractivity contribution is 6.07. The summed E-state index contributed by atoms with van der Waals surface area (Å²) in [6.45, 7) is 10.9. The maximum absolute atomic E-state index is 13.1. The molecule has 0 fully saturated rings. The van der Waals surface area contributed by atoms with Crippen LogP contribution in [0.4, 0.5) is 0 Å². The number of hydrogen-bond acceptors (Lipinski definition) is 4. The van der Waals surface area contributed by atoms with E-state index in [9.17, 15) is 4.79 Å². The minimum absolute atomic E-state index is 0.275. The third kappa shape index (κ3) is 4.04. The van der Waals surface area contributed by atoms with E-state index in [-0.39, 0.29) is 5.91 Å². The fraction of sp³-hybridized carbons (Fsp3) is 0.231. The molecule has 0 unspecified atom stereocenters. The van der Waals surface area contributed by atoms with Crippen LogP contribution in [-0.2, 0) is 6.54 Å². The van der Waals surface area contributed by atoms with E-state index in [1.807, 2.05) is 61.9 Å². The average molecular weight is 426 g/mol. The molecule has 1 amide bonds. The van der Waals surface area contributed by atoms with Gasteiger partial charge in [0.1, 0.15) is 0 Å². The summed E-state index contributed by atoms with van der Waals surface area (Å²) in [6.07, 6.45) is 1.66. The molecule has 4 rings (SSSR count). The molecule has 2 aromatic carbocycles. The Balaban J connectivity index is 1.69. The highest BCUT2D eigenvalue weighted by atomic mass is 16.2. The van der Waals surface area contributed by atoms with Crippen molar-refractivity contribution in [1.29, 1.82) is 0 Å². The van der Waals surface area contributed by atoms with Gasteiger partial charge in [-0.25, -0.2) is 10.4 Å². The number of aromatic nitrogens is 3. The summed E-state index contributed by atoms with van der Waals surface area (Å²) in [5.74, 6) is -0.275. The first-order valence-electron chi connectivity index (χ1n) is 10.7. The number of amides is 1. The van der Waals surface area contributed by atoms with Crippen LogP contribution in [0.2, 0.25) is 0 Å². The molecule has 0 saturated heterocycles. The molecule has 0 saturated carbocycles. The van der Waals surface area contributed by atoms with Gasteiger partial charge in [0.25, 0.3) is 5.91 Å². The summed E-state index contributed by atoms with van der Waals surface area (Å²) in [5.41, 5.74) is 11.0. The summed E-state index contributed by atoms with van der Waals surface area (Å²) in [5, 5.41) is 9.50. The largest absolute Gasteiger partial charge is 0.272 e. The average Bonchev–Trinajstić information content (AvgIpc) is 3.07. The van der Waals surface area contributed by atoms with Crippen LogP contribution >= 0.6 is 0 Å². The Morgan fingerprint density at radius 2 is 1.84 bits per heavy atom. The van der Waals surface area contributed by atoms with Gasteiger partial charge in [0, 0.05) is 28.8 Å². The van der Waals surface area contributed by atoms with Gasteiger partial charge < -0.3 is 0 Å². The van der Waals surface area contributed by atoms with Gasteiger partial charge in [0.15, 0.2) is 0 Å². The van der Waals surface area contributed by atoms with Crippen LogP contribution in [0.3, 0.4) is 0 Å². The highest BCUT2D eigenvalue weighted by Crippen LogP contribution is 2.26. The van der Waals surface area contributed by atoms with E-state index in [1.165, 1.54) is 11.1 Å². The van der Waals surface area contributed by atoms with E-state index >= 15 is 0 Å². The summed E-state index contributed by atoms with van der Waals surface area (Å²) in [4.78, 5) is 17.9. The second kappa shape index (κ2) is 8.75. The SMILES string of the molecule is CCn1nc(C)c(/C=N\NC(=O)c2cc(-c3ccc(C)c(C)c3)nc3ccccc23)c1C. The van der Waals surface area contributed by atoms with E-state index in [2.05, 4.69) is 41.6 Å². The fourth-order valence-electron chi connectivity index (χ4n) is 3.83. The molecule has 0 aliphatic rings. The lowest BCUT2D eigenvalue weighted by Crippen LogP contribution is -2.18. The predicted molar refractivity (Wildman–Crippen MR) is 129 cm³/mol. The Hall–Kier alpha value is -3.80. The first kappa shape index (κ1) is 21.4. The van der Waals surface area contributed by atoms with Crippen molar-refractivity contribution < 1.29 is 4.79 Å². The molecule has 32 heavy (non-hydrogen) atoms. The van der Waals surface area contributed by atoms with Crippen LogP contribution < -0.4 is 5.43 Å². The van der Waals surface area contributed by atoms with Crippen molar-refractivity contribution >= 4 is 23.0 Å². The Bertz CT molecular complexity index is 1350. The first-order valence-corrected chi connectivity index (χ1v) is 10.7. The maximum Gasteiger partial charge on any atom is 0.272 e. The van der Waals surface area contributed by atoms with Crippen LogP contribution in [0.25, 0.3) is 22.2 Å². The second-order valence-electron chi connectivity index (χ2n) is 7.97. The lowest BCUT2D eigenvalue weighted by Gasteiger charge is -2.10. The van der Waals surface area contributed by atoms with Gasteiger partial charge in [-0.15, -0.1) is 0 Å². The van der Waals surface area contributed by atoms with Crippen LogP contribution in [0.1, 0.15) is 45.4 Å². The molecule has 6 heteroatoms. The molecule has 6 nitrogen and oxygen atoms in total. The Morgan fingerprint density at radius 3 is 2.56 bits per heavy atom. The molecular formula is C26H27N5O. The van der Waals surface area contributed by atoms with Crippen molar-refractivity contribution in [3.63, 3.8) is 0 Å². The number of nitrogens with zero attached hydrogens (tertiary/aromatic N) is 4. The third-order valence-electron chi connectivity index (χ3n) is 5.86. The van der Waals surface area contributed by atoms with Crippen LogP contribution in [0, 0.1) is 27.7 Å². The number of hydrogen-bond donors (Lipinski definition) is 1. The molecule has 0 bridgehead atoms. The van der Waals surface area contributed by atoms with Crippen molar-refractivity contribution in [2.45, 2.75) is 41.2 Å². The molecule has 2 heterocycles. The number of aryl methyl sites for hydroxylation is 4. The number of para-hydroxylation sites is 1. The van der Waals surface area contributed by atoms with E-state index in [0.717, 1.165) is 45.7 Å². The quantitative estimate of drug-likeness (QED) is 0.356. The van der Waals surface area contributed by atoms with Crippen LogP contribution in [-0.4, -0.2) is 26.9 Å². The minimum atomic E-state index is -0.275. The minimum Gasteiger partial charge on any atom is -0.269 e. The number of carbonyl (C=O) groups excluding carboxylic acids is 1. The molecule has 0 aliphatic heterocycles. The van der Waals surface area contributed by atoms with E-state index < -0.39 is 0 Å². The summed E-state index contributed by atoms with van der Waals surface area (Å²) >= 11 is 0. The third-order valence-corrected chi connectivity index (χ3v) is 5.86. The van der Waals surface area contributed by atoms with Crippen molar-refractivity contribution in [2.24, 2.45) is 5.10 Å². The zero-order valence-electron chi connectivity index (χ0n) is 19.1. The van der Waals surface area contributed by atoms with Crippen molar-refractivity contribution in [2.75, 3.05) is 0 Å². The smallest absolute Gasteiger partial charge is 0.269 e. The van der Waals surface area contributed by atoms with E-state index in [4.69, 9.17) is 4.98 Å². The molecule has 0 spiro atoms. The molecule has 0 radical (unpaired) electrons. The Labute approximate surface area is 188 Å². The summed E-state index contributed by atoms with van der Waals surface area (Å²) in [7, 11) is 0. The molecule has 4 aromatic rings. The van der Waals surface area contributed by atoms with Gasteiger partial charge in [0.2, 0.25) is 0 Å². The van der Waals surface area contributed by atoms with E-state index in [0.29, 0.717) is 5.56 Å².